The van der Waals surface area contributed by atoms with Gasteiger partial charge in [-0.3, -0.25) is 5.43 Å². The number of rotatable bonds is 5. The van der Waals surface area contributed by atoms with Crippen molar-refractivity contribution in [3.05, 3.63) is 18.5 Å². The topological polar surface area (TPSA) is 104 Å². The van der Waals surface area contributed by atoms with Crippen molar-refractivity contribution in [3.8, 4) is 12.0 Å². The number of nitrogens with zero attached hydrogens (tertiary/aromatic N) is 5. The number of anilines is 1. The summed E-state index contributed by atoms with van der Waals surface area (Å²) in [6.07, 6.45) is 3.36. The number of hydrazine groups is 1. The summed E-state index contributed by atoms with van der Waals surface area (Å²) in [5, 5.41) is 4.04. The fraction of sp³-hybridized carbons (Fsp3) is 0.400. The van der Waals surface area contributed by atoms with E-state index in [4.69, 9.17) is 10.6 Å². The van der Waals surface area contributed by atoms with E-state index in [9.17, 15) is 0 Å². The second-order valence-electron chi connectivity index (χ2n) is 4.04. The fourth-order valence-electron chi connectivity index (χ4n) is 1.21. The quantitative estimate of drug-likeness (QED) is 0.583. The van der Waals surface area contributed by atoms with Gasteiger partial charge in [-0.2, -0.15) is 20.1 Å². The van der Waals surface area contributed by atoms with Gasteiger partial charge in [0.05, 0.1) is 6.61 Å². The molecule has 0 saturated heterocycles. The first-order valence-electron chi connectivity index (χ1n) is 5.54. The molecule has 0 radical (unpaired) electrons. The lowest BCUT2D eigenvalue weighted by Crippen LogP contribution is -2.16. The van der Waals surface area contributed by atoms with Gasteiger partial charge in [0.1, 0.15) is 0 Å². The van der Waals surface area contributed by atoms with Crippen molar-refractivity contribution < 1.29 is 4.74 Å². The Hall–Kier alpha value is -2.22. The standard InChI is InChI=1S/C10H15N7O/c1-7(2)6-18-10-14-8(16-11)13-9(15-10)17-5-3-4-12-17/h3-5,7H,6,11H2,1-2H3,(H,13,14,15,16). The summed E-state index contributed by atoms with van der Waals surface area (Å²) < 4.78 is 6.95. The molecule has 2 aromatic rings. The molecule has 2 heterocycles. The Balaban J connectivity index is 2.27. The number of aromatic nitrogens is 5. The molecule has 3 N–H and O–H groups in total. The van der Waals surface area contributed by atoms with Gasteiger partial charge in [-0.15, -0.1) is 0 Å². The average molecular weight is 249 g/mol. The number of nitrogens with one attached hydrogen (secondary N) is 1. The van der Waals surface area contributed by atoms with Crippen LogP contribution in [0, 0.1) is 5.92 Å². The van der Waals surface area contributed by atoms with Gasteiger partial charge < -0.3 is 4.74 Å². The Labute approximate surface area is 104 Å². The van der Waals surface area contributed by atoms with Gasteiger partial charge in [-0.05, 0) is 12.0 Å². The van der Waals surface area contributed by atoms with Crippen LogP contribution < -0.4 is 16.0 Å². The molecule has 0 aliphatic heterocycles. The molecule has 0 unspecified atom stereocenters. The van der Waals surface area contributed by atoms with E-state index < -0.39 is 0 Å². The minimum atomic E-state index is 0.220. The summed E-state index contributed by atoms with van der Waals surface area (Å²) in [7, 11) is 0. The van der Waals surface area contributed by atoms with Gasteiger partial charge in [-0.25, -0.2) is 10.5 Å². The van der Waals surface area contributed by atoms with Crippen molar-refractivity contribution in [2.75, 3.05) is 12.0 Å². The molecule has 2 aromatic heterocycles. The van der Waals surface area contributed by atoms with Crippen LogP contribution in [0.2, 0.25) is 0 Å². The molecule has 0 aromatic carbocycles. The van der Waals surface area contributed by atoms with E-state index in [0.717, 1.165) is 0 Å². The third-order valence-electron chi connectivity index (χ3n) is 1.99. The molecule has 8 nitrogen and oxygen atoms in total. The Morgan fingerprint density at radius 2 is 2.22 bits per heavy atom. The summed E-state index contributed by atoms with van der Waals surface area (Å²) in [4.78, 5) is 12.3. The normalized spacial score (nSPS) is 10.7. The smallest absolute Gasteiger partial charge is 0.323 e. The molecule has 8 heteroatoms. The molecule has 0 fully saturated rings. The van der Waals surface area contributed by atoms with E-state index >= 15 is 0 Å². The molecule has 96 valence electrons. The first-order valence-corrected chi connectivity index (χ1v) is 5.54. The Bertz CT molecular complexity index is 497. The molecule has 0 aliphatic carbocycles. The SMILES string of the molecule is CC(C)COc1nc(NN)nc(-n2cccn2)n1. The summed E-state index contributed by atoms with van der Waals surface area (Å²) in [5.41, 5.74) is 2.37. The van der Waals surface area contributed by atoms with Crippen LogP contribution in [0.15, 0.2) is 18.5 Å². The summed E-state index contributed by atoms with van der Waals surface area (Å²) >= 11 is 0. The molecule has 18 heavy (non-hydrogen) atoms. The molecular weight excluding hydrogens is 234 g/mol. The van der Waals surface area contributed by atoms with Crippen molar-refractivity contribution in [1.29, 1.82) is 0 Å². The van der Waals surface area contributed by atoms with Crippen molar-refractivity contribution >= 4 is 5.95 Å². The Morgan fingerprint density at radius 1 is 1.39 bits per heavy atom. The molecular formula is C10H15N7O. The summed E-state index contributed by atoms with van der Waals surface area (Å²) in [5.74, 6) is 6.27. The number of hydrogen-bond donors (Lipinski definition) is 2. The van der Waals surface area contributed by atoms with Crippen LogP contribution in [0.5, 0.6) is 6.01 Å². The molecule has 0 aliphatic rings. The highest BCUT2D eigenvalue weighted by atomic mass is 16.5. The van der Waals surface area contributed by atoms with E-state index in [1.807, 2.05) is 13.8 Å². The van der Waals surface area contributed by atoms with Crippen LogP contribution in [-0.2, 0) is 0 Å². The van der Waals surface area contributed by atoms with Crippen molar-refractivity contribution in [2.24, 2.45) is 11.8 Å². The van der Waals surface area contributed by atoms with Gasteiger partial charge in [0.2, 0.25) is 5.95 Å². The third-order valence-corrected chi connectivity index (χ3v) is 1.99. The zero-order valence-corrected chi connectivity index (χ0v) is 10.2. The highest BCUT2D eigenvalue weighted by Crippen LogP contribution is 2.10. The molecule has 0 saturated carbocycles. The second-order valence-corrected chi connectivity index (χ2v) is 4.04. The second kappa shape index (κ2) is 5.41. The number of hydrogen-bond acceptors (Lipinski definition) is 7. The maximum atomic E-state index is 5.45. The monoisotopic (exact) mass is 249 g/mol. The summed E-state index contributed by atoms with van der Waals surface area (Å²) in [6.45, 7) is 4.60. The zero-order valence-electron chi connectivity index (χ0n) is 10.2. The lowest BCUT2D eigenvalue weighted by molar-refractivity contribution is 0.250. The summed E-state index contributed by atoms with van der Waals surface area (Å²) in [6, 6.07) is 1.99. The van der Waals surface area contributed by atoms with Crippen LogP contribution in [0.4, 0.5) is 5.95 Å². The maximum absolute atomic E-state index is 5.45. The number of nitrogens with two attached hydrogens (primary N) is 1. The Kier molecular flexibility index (Phi) is 3.68. The highest BCUT2D eigenvalue weighted by Gasteiger charge is 2.09. The predicted molar refractivity (Wildman–Crippen MR) is 65.1 cm³/mol. The molecule has 0 spiro atoms. The van der Waals surface area contributed by atoms with Crippen LogP contribution in [0.3, 0.4) is 0 Å². The average Bonchev–Trinajstić information content (AvgIpc) is 2.89. The number of ether oxygens (including phenoxy) is 1. The predicted octanol–water partition coefficient (Wildman–Crippen LogP) is 0.378. The van der Waals surface area contributed by atoms with E-state index in [1.165, 1.54) is 4.68 Å². The maximum Gasteiger partial charge on any atom is 0.323 e. The van der Waals surface area contributed by atoms with Crippen molar-refractivity contribution in [1.82, 2.24) is 24.7 Å². The van der Waals surface area contributed by atoms with E-state index in [1.54, 1.807) is 18.5 Å². The molecule has 2 rings (SSSR count). The van der Waals surface area contributed by atoms with Crippen LogP contribution in [0.1, 0.15) is 13.8 Å². The van der Waals surface area contributed by atoms with E-state index in [-0.39, 0.29) is 12.0 Å². The lowest BCUT2D eigenvalue weighted by Gasteiger charge is -2.09. The van der Waals surface area contributed by atoms with Crippen molar-refractivity contribution in [2.45, 2.75) is 13.8 Å². The van der Waals surface area contributed by atoms with Gasteiger partial charge in [0.25, 0.3) is 5.95 Å². The van der Waals surface area contributed by atoms with Gasteiger partial charge in [-0.1, -0.05) is 13.8 Å². The van der Waals surface area contributed by atoms with Crippen LogP contribution in [-0.4, -0.2) is 31.3 Å². The largest absolute Gasteiger partial charge is 0.463 e. The van der Waals surface area contributed by atoms with Gasteiger partial charge in [0.15, 0.2) is 0 Å². The fourth-order valence-corrected chi connectivity index (χ4v) is 1.21. The van der Waals surface area contributed by atoms with Crippen LogP contribution in [0.25, 0.3) is 5.95 Å². The minimum absolute atomic E-state index is 0.220. The first kappa shape index (κ1) is 12.2. The van der Waals surface area contributed by atoms with E-state index in [2.05, 4.69) is 25.5 Å². The van der Waals surface area contributed by atoms with Gasteiger partial charge in [0, 0.05) is 12.4 Å². The van der Waals surface area contributed by atoms with Crippen LogP contribution >= 0.6 is 0 Å². The molecule has 0 amide bonds. The molecule has 0 bridgehead atoms. The van der Waals surface area contributed by atoms with E-state index in [0.29, 0.717) is 18.5 Å². The molecule has 0 atom stereocenters. The Morgan fingerprint density at radius 3 is 2.83 bits per heavy atom. The first-order chi connectivity index (χ1) is 8.69. The lowest BCUT2D eigenvalue weighted by atomic mass is 10.2. The van der Waals surface area contributed by atoms with Gasteiger partial charge >= 0.3 is 6.01 Å². The zero-order chi connectivity index (χ0) is 13.0. The highest BCUT2D eigenvalue weighted by molar-refractivity contribution is 5.28. The minimum Gasteiger partial charge on any atom is -0.463 e. The third kappa shape index (κ3) is 2.92. The van der Waals surface area contributed by atoms with Crippen molar-refractivity contribution in [3.63, 3.8) is 0 Å². The number of nitrogen functional groups attached to an aromatic ring is 1.